The van der Waals surface area contributed by atoms with E-state index in [2.05, 4.69) is 58.1 Å². The Hall–Kier alpha value is -1.87. The molecule has 2 aromatic carbocycles. The fourth-order valence-electron chi connectivity index (χ4n) is 7.48. The molecule has 0 unspecified atom stereocenters. The van der Waals surface area contributed by atoms with Crippen LogP contribution in [0.2, 0.25) is 13.1 Å². The van der Waals surface area contributed by atoms with Crippen molar-refractivity contribution in [3.8, 4) is 16.9 Å². The Balaban J connectivity index is 1.75. The summed E-state index contributed by atoms with van der Waals surface area (Å²) in [5, 5.41) is 0. The molecule has 0 spiro atoms. The van der Waals surface area contributed by atoms with Crippen LogP contribution >= 0.6 is 0 Å². The Labute approximate surface area is 195 Å². The lowest BCUT2D eigenvalue weighted by molar-refractivity contribution is -0.00654. The number of hydrogen-bond acceptors (Lipinski definition) is 2. The lowest BCUT2D eigenvalue weighted by Gasteiger charge is -2.58. The highest BCUT2D eigenvalue weighted by Gasteiger charge is 2.54. The van der Waals surface area contributed by atoms with Gasteiger partial charge in [-0.25, -0.2) is 0 Å². The van der Waals surface area contributed by atoms with Gasteiger partial charge in [0.2, 0.25) is 9.04 Å². The largest absolute Gasteiger partial charge is 0.546 e. The van der Waals surface area contributed by atoms with Crippen LogP contribution in [0.3, 0.4) is 0 Å². The van der Waals surface area contributed by atoms with Crippen molar-refractivity contribution in [3.05, 3.63) is 53.1 Å². The van der Waals surface area contributed by atoms with E-state index in [4.69, 9.17) is 4.43 Å². The van der Waals surface area contributed by atoms with Crippen molar-refractivity contribution < 1.29 is 9.22 Å². The minimum atomic E-state index is -1.32. The minimum absolute atomic E-state index is 0.0786. The normalized spacial score (nSPS) is 28.9. The highest BCUT2D eigenvalue weighted by Crippen LogP contribution is 2.63. The summed E-state index contributed by atoms with van der Waals surface area (Å²) in [5.74, 6) is 3.86. The topological polar surface area (TPSA) is 26.3 Å². The summed E-state index contributed by atoms with van der Waals surface area (Å²) in [6.45, 7) is 11.7. The van der Waals surface area contributed by atoms with Crippen LogP contribution in [0.4, 0.5) is 0 Å². The van der Waals surface area contributed by atoms with E-state index in [0.717, 1.165) is 35.2 Å². The molecule has 0 atom stereocenters. The quantitative estimate of drug-likeness (QED) is 0.356. The van der Waals surface area contributed by atoms with Crippen LogP contribution in [0.1, 0.15) is 80.8 Å². The van der Waals surface area contributed by atoms with E-state index in [9.17, 15) is 4.79 Å². The molecule has 6 rings (SSSR count). The third-order valence-corrected chi connectivity index (χ3v) is 8.95. The summed E-state index contributed by atoms with van der Waals surface area (Å²) in [5.41, 5.74) is 6.47. The van der Waals surface area contributed by atoms with E-state index >= 15 is 0 Å². The fraction of sp³-hybridized carbons (Fsp3) is 0.552. The second-order valence-electron chi connectivity index (χ2n) is 12.2. The lowest BCUT2D eigenvalue weighted by atomic mass is 9.47. The third kappa shape index (κ3) is 3.77. The van der Waals surface area contributed by atoms with Crippen molar-refractivity contribution in [2.75, 3.05) is 0 Å². The summed E-state index contributed by atoms with van der Waals surface area (Å²) in [6.07, 6.45) is 9.29. The van der Waals surface area contributed by atoms with Crippen LogP contribution in [-0.2, 0) is 10.8 Å². The molecule has 0 heterocycles. The first kappa shape index (κ1) is 21.9. The van der Waals surface area contributed by atoms with Crippen molar-refractivity contribution in [1.82, 2.24) is 0 Å². The summed E-state index contributed by atoms with van der Waals surface area (Å²) in [7, 11) is -1.32. The number of carbonyl (C=O) groups is 1. The van der Waals surface area contributed by atoms with Crippen molar-refractivity contribution in [2.24, 2.45) is 17.8 Å². The first-order valence-electron chi connectivity index (χ1n) is 12.6. The van der Waals surface area contributed by atoms with Gasteiger partial charge in [-0.1, -0.05) is 57.2 Å². The lowest BCUT2D eigenvalue weighted by Crippen LogP contribution is -2.49. The maximum absolute atomic E-state index is 11.2. The summed E-state index contributed by atoms with van der Waals surface area (Å²) < 4.78 is 6.88. The van der Waals surface area contributed by atoms with E-state index in [1.54, 1.807) is 5.56 Å². The zero-order valence-electron chi connectivity index (χ0n) is 20.4. The molecule has 0 amide bonds. The molecule has 4 bridgehead atoms. The maximum Gasteiger partial charge on any atom is 0.229 e. The Morgan fingerprint density at radius 3 is 1.94 bits per heavy atom. The second-order valence-corrected chi connectivity index (χ2v) is 14.6. The first-order chi connectivity index (χ1) is 15.2. The molecule has 32 heavy (non-hydrogen) atoms. The molecule has 0 aromatic heterocycles. The van der Waals surface area contributed by atoms with Crippen LogP contribution < -0.4 is 4.43 Å². The van der Waals surface area contributed by atoms with Crippen molar-refractivity contribution in [2.45, 2.75) is 83.2 Å². The van der Waals surface area contributed by atoms with Gasteiger partial charge in [0.05, 0.1) is 0 Å². The van der Waals surface area contributed by atoms with Gasteiger partial charge in [0.25, 0.3) is 0 Å². The van der Waals surface area contributed by atoms with Crippen molar-refractivity contribution in [1.29, 1.82) is 0 Å². The molecular formula is C29H38O2Si. The molecule has 4 fully saturated rings. The average Bonchev–Trinajstić information content (AvgIpc) is 2.71. The Morgan fingerprint density at radius 2 is 1.47 bits per heavy atom. The molecule has 0 N–H and O–H groups in total. The molecule has 170 valence electrons. The molecule has 2 aromatic rings. The molecule has 2 nitrogen and oxygen atoms in total. The van der Waals surface area contributed by atoms with Crippen LogP contribution in [0.15, 0.2) is 36.4 Å². The predicted octanol–water partition coefficient (Wildman–Crippen LogP) is 7.29. The van der Waals surface area contributed by atoms with Gasteiger partial charge in [-0.15, -0.1) is 0 Å². The second kappa shape index (κ2) is 7.87. The van der Waals surface area contributed by atoms with Crippen LogP contribution in [-0.4, -0.2) is 15.3 Å². The van der Waals surface area contributed by atoms with Gasteiger partial charge in [0.15, 0.2) is 0 Å². The number of hydrogen-bond donors (Lipinski definition) is 0. The summed E-state index contributed by atoms with van der Waals surface area (Å²) in [6, 6.07) is 12.7. The van der Waals surface area contributed by atoms with Gasteiger partial charge >= 0.3 is 0 Å². The molecule has 4 aliphatic carbocycles. The maximum atomic E-state index is 11.2. The molecular weight excluding hydrogens is 408 g/mol. The fourth-order valence-corrected chi connectivity index (χ4v) is 8.19. The zero-order chi connectivity index (χ0) is 22.7. The van der Waals surface area contributed by atoms with Gasteiger partial charge in [-0.05, 0) is 85.9 Å². The average molecular weight is 447 g/mol. The molecule has 0 radical (unpaired) electrons. The summed E-state index contributed by atoms with van der Waals surface area (Å²) in [4.78, 5) is 11.2. The van der Waals surface area contributed by atoms with Crippen LogP contribution in [0.5, 0.6) is 5.75 Å². The highest BCUT2D eigenvalue weighted by atomic mass is 28.3. The van der Waals surface area contributed by atoms with Gasteiger partial charge < -0.3 is 4.43 Å². The number of carbonyl (C=O) groups excluding carboxylic acids is 1. The van der Waals surface area contributed by atoms with Gasteiger partial charge in [-0.3, -0.25) is 4.79 Å². The van der Waals surface area contributed by atoms with Gasteiger partial charge in [-0.2, -0.15) is 0 Å². The first-order valence-corrected chi connectivity index (χ1v) is 15.4. The monoisotopic (exact) mass is 446 g/mol. The third-order valence-electron chi connectivity index (χ3n) is 8.25. The van der Waals surface area contributed by atoms with E-state index in [0.29, 0.717) is 0 Å². The molecule has 0 aliphatic heterocycles. The van der Waals surface area contributed by atoms with E-state index in [1.807, 2.05) is 12.1 Å². The summed E-state index contributed by atoms with van der Waals surface area (Å²) >= 11 is 0. The SMILES string of the molecule is C[SiH](C)Oc1c(-c2ccc(C=O)cc2)ccc(C(C)(C)C)c1C12CC3CC(CC(C3)C1)C2. The number of aldehydes is 1. The van der Waals surface area contributed by atoms with Crippen LogP contribution in [0.25, 0.3) is 11.1 Å². The molecule has 0 saturated heterocycles. The Kier molecular flexibility index (Phi) is 5.39. The molecule has 4 saturated carbocycles. The number of benzene rings is 2. The molecule has 3 heteroatoms. The Bertz CT molecular complexity index is 977. The van der Waals surface area contributed by atoms with Crippen molar-refractivity contribution >= 4 is 15.3 Å². The highest BCUT2D eigenvalue weighted by molar-refractivity contribution is 6.49. The van der Waals surface area contributed by atoms with Gasteiger partial charge in [0.1, 0.15) is 12.0 Å². The minimum Gasteiger partial charge on any atom is -0.546 e. The molecule has 4 aliphatic rings. The van der Waals surface area contributed by atoms with E-state index < -0.39 is 9.04 Å². The van der Waals surface area contributed by atoms with E-state index in [1.165, 1.54) is 55.4 Å². The number of rotatable bonds is 5. The van der Waals surface area contributed by atoms with Crippen molar-refractivity contribution in [3.63, 3.8) is 0 Å². The van der Waals surface area contributed by atoms with E-state index in [-0.39, 0.29) is 10.8 Å². The zero-order valence-corrected chi connectivity index (χ0v) is 21.6. The standard InChI is InChI=1S/C29H38O2Si/c1-28(2,3)25-11-10-24(23-8-6-19(18-30)7-9-23)27(31-32(4)5)26(25)29-15-20-12-21(16-29)14-22(13-20)17-29/h6-11,18,20-22,32H,12-17H2,1-5H3. The smallest absolute Gasteiger partial charge is 0.229 e. The van der Waals surface area contributed by atoms with Gasteiger partial charge in [0, 0.05) is 22.1 Å². The Morgan fingerprint density at radius 1 is 0.906 bits per heavy atom. The van der Waals surface area contributed by atoms with Crippen LogP contribution in [0, 0.1) is 17.8 Å². The predicted molar refractivity (Wildman–Crippen MR) is 135 cm³/mol.